The fraction of sp³-hybridized carbons (Fsp3) is 0.811. The van der Waals surface area contributed by atoms with Gasteiger partial charge in [0.1, 0.15) is 5.60 Å². The van der Waals surface area contributed by atoms with E-state index in [0.717, 1.165) is 103 Å². The third-order valence-corrected chi connectivity index (χ3v) is 7.98. The molecule has 276 valence electrons. The molecule has 1 heterocycles. The van der Waals surface area contributed by atoms with E-state index in [4.69, 9.17) is 14.6 Å². The SMILES string of the molecule is CCCCCCCCCOC(=O)CCCCCCCN(CCCCCCCC(=O)O)CCCNC(=NC(=O)OC(C)(C)C)n1cccn1. The number of carboxylic acid groups (broad SMARTS) is 1. The first-order valence-corrected chi connectivity index (χ1v) is 18.8. The molecule has 1 rings (SSSR count). The van der Waals surface area contributed by atoms with Gasteiger partial charge in [0, 0.05) is 31.8 Å². The van der Waals surface area contributed by atoms with Crippen LogP contribution in [0, 0.1) is 0 Å². The Morgan fingerprint density at radius 3 is 1.94 bits per heavy atom. The number of carbonyl (C=O) groups is 3. The molecule has 0 aliphatic rings. The van der Waals surface area contributed by atoms with Gasteiger partial charge in [-0.1, -0.05) is 84.0 Å². The number of aromatic nitrogens is 2. The summed E-state index contributed by atoms with van der Waals surface area (Å²) in [5.74, 6) is -0.445. The number of aliphatic carboxylic acids is 1. The lowest BCUT2D eigenvalue weighted by molar-refractivity contribution is -0.144. The zero-order valence-corrected chi connectivity index (χ0v) is 30.7. The number of nitrogens with one attached hydrogen (secondary N) is 1. The molecule has 0 aliphatic carbocycles. The van der Waals surface area contributed by atoms with E-state index < -0.39 is 17.7 Å². The number of carboxylic acids is 1. The summed E-state index contributed by atoms with van der Waals surface area (Å²) >= 11 is 0. The summed E-state index contributed by atoms with van der Waals surface area (Å²) < 4.78 is 12.3. The first-order chi connectivity index (χ1) is 23.1. The van der Waals surface area contributed by atoms with Crippen molar-refractivity contribution >= 4 is 24.0 Å². The fourth-order valence-corrected chi connectivity index (χ4v) is 5.37. The third-order valence-electron chi connectivity index (χ3n) is 7.98. The summed E-state index contributed by atoms with van der Waals surface area (Å²) in [5.41, 5.74) is -0.634. The molecule has 0 atom stereocenters. The zero-order chi connectivity index (χ0) is 35.3. The molecule has 11 nitrogen and oxygen atoms in total. The van der Waals surface area contributed by atoms with Gasteiger partial charge in [-0.25, -0.2) is 9.48 Å². The molecule has 0 aromatic carbocycles. The van der Waals surface area contributed by atoms with Gasteiger partial charge >= 0.3 is 18.0 Å². The van der Waals surface area contributed by atoms with Crippen LogP contribution in [-0.2, 0) is 19.1 Å². The van der Waals surface area contributed by atoms with Crippen LogP contribution in [0.1, 0.15) is 156 Å². The summed E-state index contributed by atoms with van der Waals surface area (Å²) in [4.78, 5) is 41.8. The molecule has 0 aliphatic heterocycles. The molecule has 1 aromatic heterocycles. The first-order valence-electron chi connectivity index (χ1n) is 18.8. The summed E-state index contributed by atoms with van der Waals surface area (Å²) in [6.45, 7) is 11.8. The Labute approximate surface area is 290 Å². The molecule has 0 saturated carbocycles. The van der Waals surface area contributed by atoms with E-state index in [9.17, 15) is 14.4 Å². The second-order valence-corrected chi connectivity index (χ2v) is 13.8. The quantitative estimate of drug-likeness (QED) is 0.0388. The van der Waals surface area contributed by atoms with Gasteiger partial charge in [-0.2, -0.15) is 5.10 Å². The number of unbranched alkanes of at least 4 members (excludes halogenated alkanes) is 14. The normalized spacial score (nSPS) is 12.0. The van der Waals surface area contributed by atoms with E-state index in [1.165, 1.54) is 36.8 Å². The molecule has 0 spiro atoms. The van der Waals surface area contributed by atoms with Crippen molar-refractivity contribution in [2.75, 3.05) is 32.8 Å². The molecule has 0 saturated heterocycles. The first kappa shape index (κ1) is 43.1. The van der Waals surface area contributed by atoms with Crippen LogP contribution in [0.5, 0.6) is 0 Å². The van der Waals surface area contributed by atoms with E-state index >= 15 is 0 Å². The Morgan fingerprint density at radius 1 is 0.792 bits per heavy atom. The van der Waals surface area contributed by atoms with Crippen molar-refractivity contribution in [3.63, 3.8) is 0 Å². The highest BCUT2D eigenvalue weighted by Crippen LogP contribution is 2.12. The molecule has 0 radical (unpaired) electrons. The van der Waals surface area contributed by atoms with Crippen molar-refractivity contribution in [1.82, 2.24) is 20.0 Å². The zero-order valence-electron chi connectivity index (χ0n) is 30.7. The summed E-state index contributed by atoms with van der Waals surface area (Å²) in [6, 6.07) is 1.78. The maximum Gasteiger partial charge on any atom is 0.437 e. The second-order valence-electron chi connectivity index (χ2n) is 13.8. The van der Waals surface area contributed by atoms with Crippen molar-refractivity contribution in [2.24, 2.45) is 4.99 Å². The standard InChI is InChI=1S/C37H67N5O6/c1-5-6-7-8-9-16-21-32-47-34(45)25-18-13-11-15-20-29-41(28-19-14-10-12-17-24-33(43)44)30-22-26-38-35(42-31-23-27-39-42)40-36(46)48-37(2,3)4/h23,27,31H,5-22,24-26,28-30,32H2,1-4H3,(H,43,44)(H,38,40,46). The van der Waals surface area contributed by atoms with Crippen molar-refractivity contribution in [2.45, 2.75) is 162 Å². The largest absolute Gasteiger partial charge is 0.481 e. The third kappa shape index (κ3) is 26.1. The van der Waals surface area contributed by atoms with Gasteiger partial charge < -0.3 is 24.8 Å². The number of hydrogen-bond acceptors (Lipinski definition) is 7. The summed E-state index contributed by atoms with van der Waals surface area (Å²) in [6.07, 6.45) is 23.1. The van der Waals surface area contributed by atoms with E-state index in [1.807, 2.05) is 0 Å². The smallest absolute Gasteiger partial charge is 0.437 e. The molecule has 0 unspecified atom stereocenters. The van der Waals surface area contributed by atoms with Gasteiger partial charge in [0.05, 0.1) is 6.61 Å². The summed E-state index contributed by atoms with van der Waals surface area (Å²) in [5, 5.41) is 16.3. The Bertz CT molecular complexity index is 993. The maximum atomic E-state index is 12.3. The molecular weight excluding hydrogens is 610 g/mol. The lowest BCUT2D eigenvalue weighted by Gasteiger charge is -2.23. The molecule has 1 amide bonds. The molecule has 1 aromatic rings. The minimum Gasteiger partial charge on any atom is -0.481 e. The van der Waals surface area contributed by atoms with Gasteiger partial charge in [-0.15, -0.1) is 4.99 Å². The predicted octanol–water partition coefficient (Wildman–Crippen LogP) is 8.36. The lowest BCUT2D eigenvalue weighted by atomic mass is 10.1. The topological polar surface area (TPSA) is 135 Å². The Morgan fingerprint density at radius 2 is 1.35 bits per heavy atom. The molecule has 11 heteroatoms. The van der Waals surface area contributed by atoms with Crippen LogP contribution < -0.4 is 5.32 Å². The minimum atomic E-state index is -0.722. The van der Waals surface area contributed by atoms with Gasteiger partial charge in [0.15, 0.2) is 0 Å². The molecule has 2 N–H and O–H groups in total. The van der Waals surface area contributed by atoms with E-state index in [1.54, 1.807) is 39.2 Å². The Balaban J connectivity index is 2.39. The second kappa shape index (κ2) is 27.9. The number of ether oxygens (including phenoxy) is 2. The number of rotatable bonds is 28. The van der Waals surface area contributed by atoms with Gasteiger partial charge in [0.2, 0.25) is 5.96 Å². The molecule has 0 fully saturated rings. The average Bonchev–Trinajstić information content (AvgIpc) is 3.56. The van der Waals surface area contributed by atoms with E-state index in [-0.39, 0.29) is 12.4 Å². The van der Waals surface area contributed by atoms with Crippen molar-refractivity contribution in [1.29, 1.82) is 0 Å². The van der Waals surface area contributed by atoms with Crippen LogP contribution in [0.3, 0.4) is 0 Å². The van der Waals surface area contributed by atoms with Crippen LogP contribution >= 0.6 is 0 Å². The molecule has 0 bridgehead atoms. The summed E-state index contributed by atoms with van der Waals surface area (Å²) in [7, 11) is 0. The van der Waals surface area contributed by atoms with E-state index in [2.05, 4.69) is 27.2 Å². The van der Waals surface area contributed by atoms with Gasteiger partial charge in [-0.05, 0) is 85.0 Å². The number of hydrogen-bond donors (Lipinski definition) is 2. The van der Waals surface area contributed by atoms with E-state index in [0.29, 0.717) is 25.5 Å². The van der Waals surface area contributed by atoms with Gasteiger partial charge in [-0.3, -0.25) is 9.59 Å². The van der Waals surface area contributed by atoms with Crippen molar-refractivity contribution < 1.29 is 29.0 Å². The Hall–Kier alpha value is -2.95. The molecule has 48 heavy (non-hydrogen) atoms. The maximum absolute atomic E-state index is 12.3. The number of esters is 1. The number of carbonyl (C=O) groups excluding carboxylic acids is 2. The van der Waals surface area contributed by atoms with Crippen LogP contribution in [0.15, 0.2) is 23.5 Å². The molecular formula is C37H67N5O6. The van der Waals surface area contributed by atoms with Crippen molar-refractivity contribution in [3.05, 3.63) is 18.5 Å². The van der Waals surface area contributed by atoms with Crippen LogP contribution in [0.4, 0.5) is 4.79 Å². The lowest BCUT2D eigenvalue weighted by Crippen LogP contribution is -2.35. The monoisotopic (exact) mass is 678 g/mol. The van der Waals surface area contributed by atoms with Crippen LogP contribution in [0.2, 0.25) is 0 Å². The average molecular weight is 678 g/mol. The van der Waals surface area contributed by atoms with Gasteiger partial charge in [0.25, 0.3) is 0 Å². The highest BCUT2D eigenvalue weighted by Gasteiger charge is 2.17. The fourth-order valence-electron chi connectivity index (χ4n) is 5.37. The van der Waals surface area contributed by atoms with Crippen LogP contribution in [-0.4, -0.2) is 82.2 Å². The highest BCUT2D eigenvalue weighted by atomic mass is 16.6. The minimum absolute atomic E-state index is 0.0596. The highest BCUT2D eigenvalue weighted by molar-refractivity contribution is 5.91. The Kier molecular flexibility index (Phi) is 25.1. The number of aliphatic imine (C=N–C) groups is 1. The number of nitrogens with zero attached hydrogens (tertiary/aromatic N) is 4. The van der Waals surface area contributed by atoms with Crippen molar-refractivity contribution in [3.8, 4) is 0 Å². The predicted molar refractivity (Wildman–Crippen MR) is 192 cm³/mol. The number of amides is 1. The van der Waals surface area contributed by atoms with Crippen LogP contribution in [0.25, 0.3) is 0 Å².